The van der Waals surface area contributed by atoms with E-state index in [1.54, 1.807) is 23.6 Å². The van der Waals surface area contributed by atoms with Gasteiger partial charge in [0, 0.05) is 4.88 Å². The molecule has 2 rings (SSSR count). The number of ketones is 1. The number of carbonyl (C=O) groups is 1. The van der Waals surface area contributed by atoms with E-state index in [-0.39, 0.29) is 5.56 Å². The molecular formula is C16H13F3O2S. The summed E-state index contributed by atoms with van der Waals surface area (Å²) in [5.41, 5.74) is -3.54. The van der Waals surface area contributed by atoms with Crippen LogP contribution in [0.3, 0.4) is 0 Å². The van der Waals surface area contributed by atoms with Crippen molar-refractivity contribution in [1.29, 1.82) is 0 Å². The number of benzene rings is 1. The summed E-state index contributed by atoms with van der Waals surface area (Å²) in [6.07, 6.45) is -3.50. The Kier molecular flexibility index (Phi) is 4.83. The van der Waals surface area contributed by atoms with Crippen LogP contribution in [0.1, 0.15) is 16.9 Å². The largest absolute Gasteiger partial charge is 0.421 e. The number of hydrogen-bond donors (Lipinski definition) is 1. The minimum atomic E-state index is -4.94. The highest BCUT2D eigenvalue weighted by Gasteiger charge is 2.55. The molecule has 1 atom stereocenters. The molecule has 0 bridgehead atoms. The Hall–Kier alpha value is -1.92. The van der Waals surface area contributed by atoms with E-state index in [1.165, 1.54) is 29.5 Å². The van der Waals surface area contributed by atoms with Crippen LogP contribution in [-0.4, -0.2) is 17.1 Å². The molecular weight excluding hydrogens is 313 g/mol. The Balaban J connectivity index is 2.23. The van der Waals surface area contributed by atoms with E-state index in [0.29, 0.717) is 0 Å². The second-order valence-corrected chi connectivity index (χ2v) is 5.70. The molecule has 0 aliphatic heterocycles. The zero-order chi connectivity index (χ0) is 16.2. The Labute approximate surface area is 129 Å². The fourth-order valence-electron chi connectivity index (χ4n) is 1.95. The number of allylic oxidation sites excluding steroid dienone is 1. The molecule has 0 amide bonds. The minimum Gasteiger partial charge on any atom is -0.376 e. The molecule has 1 heterocycles. The highest BCUT2D eigenvalue weighted by atomic mass is 32.1. The summed E-state index contributed by atoms with van der Waals surface area (Å²) >= 11 is 1.36. The molecule has 1 aromatic carbocycles. The predicted molar refractivity (Wildman–Crippen MR) is 79.4 cm³/mol. The SMILES string of the molecule is O=C(/C=C\c1cccs1)C[C@](O)(c1ccccc1)C(F)(F)F. The first-order valence-corrected chi connectivity index (χ1v) is 7.30. The summed E-state index contributed by atoms with van der Waals surface area (Å²) < 4.78 is 39.7. The van der Waals surface area contributed by atoms with Gasteiger partial charge in [-0.1, -0.05) is 36.4 Å². The molecule has 2 nitrogen and oxygen atoms in total. The number of halogens is 3. The Morgan fingerprint density at radius 2 is 1.82 bits per heavy atom. The summed E-state index contributed by atoms with van der Waals surface area (Å²) in [7, 11) is 0. The van der Waals surface area contributed by atoms with Crippen LogP contribution in [0.2, 0.25) is 0 Å². The van der Waals surface area contributed by atoms with Gasteiger partial charge < -0.3 is 5.11 Å². The second-order valence-electron chi connectivity index (χ2n) is 4.72. The topological polar surface area (TPSA) is 37.3 Å². The molecule has 0 saturated carbocycles. The van der Waals surface area contributed by atoms with Gasteiger partial charge in [-0.15, -0.1) is 11.3 Å². The van der Waals surface area contributed by atoms with Crippen molar-refractivity contribution >= 4 is 23.2 Å². The normalized spacial score (nSPS) is 14.9. The first-order chi connectivity index (χ1) is 10.3. The maximum Gasteiger partial charge on any atom is 0.421 e. The molecule has 0 fully saturated rings. The monoisotopic (exact) mass is 326 g/mol. The molecule has 0 aliphatic rings. The van der Waals surface area contributed by atoms with Crippen molar-refractivity contribution in [1.82, 2.24) is 0 Å². The molecule has 0 unspecified atom stereocenters. The van der Waals surface area contributed by atoms with E-state index in [2.05, 4.69) is 0 Å². The smallest absolute Gasteiger partial charge is 0.376 e. The number of thiophene rings is 1. The van der Waals surface area contributed by atoms with Gasteiger partial charge in [0.2, 0.25) is 0 Å². The average molecular weight is 326 g/mol. The van der Waals surface area contributed by atoms with Gasteiger partial charge in [0.1, 0.15) is 0 Å². The van der Waals surface area contributed by atoms with Crippen LogP contribution in [-0.2, 0) is 10.4 Å². The molecule has 2 aromatic rings. The van der Waals surface area contributed by atoms with Crippen molar-refractivity contribution < 1.29 is 23.1 Å². The van der Waals surface area contributed by atoms with Crippen molar-refractivity contribution in [3.63, 3.8) is 0 Å². The van der Waals surface area contributed by atoms with Gasteiger partial charge in [-0.2, -0.15) is 13.2 Å². The number of aliphatic hydroxyl groups is 1. The van der Waals surface area contributed by atoms with Crippen LogP contribution in [0.15, 0.2) is 53.9 Å². The van der Waals surface area contributed by atoms with Crippen LogP contribution in [0.5, 0.6) is 0 Å². The quantitative estimate of drug-likeness (QED) is 0.837. The lowest BCUT2D eigenvalue weighted by Gasteiger charge is -2.30. The molecule has 22 heavy (non-hydrogen) atoms. The number of carbonyl (C=O) groups excluding carboxylic acids is 1. The lowest BCUT2D eigenvalue weighted by molar-refractivity contribution is -0.266. The molecule has 0 radical (unpaired) electrons. The summed E-state index contributed by atoms with van der Waals surface area (Å²) in [5.74, 6) is -0.794. The molecule has 1 N–H and O–H groups in total. The Morgan fingerprint density at radius 1 is 1.14 bits per heavy atom. The van der Waals surface area contributed by atoms with E-state index in [0.717, 1.165) is 23.1 Å². The first kappa shape index (κ1) is 16.5. The third-order valence-electron chi connectivity index (χ3n) is 3.13. The lowest BCUT2D eigenvalue weighted by Crippen LogP contribution is -2.43. The standard InChI is InChI=1S/C16H13F3O2S/c17-16(18,19)15(21,12-5-2-1-3-6-12)11-13(20)8-9-14-7-4-10-22-14/h1-10,21H,11H2/b9-8-/t15-/m0/s1. The van der Waals surface area contributed by atoms with Crippen molar-refractivity contribution in [2.24, 2.45) is 0 Å². The number of rotatable bonds is 5. The fraction of sp³-hybridized carbons (Fsp3) is 0.188. The van der Waals surface area contributed by atoms with Crippen molar-refractivity contribution in [2.45, 2.75) is 18.2 Å². The third kappa shape index (κ3) is 3.64. The lowest BCUT2D eigenvalue weighted by atomic mass is 9.88. The summed E-state index contributed by atoms with van der Waals surface area (Å²) in [5, 5.41) is 11.9. The maximum atomic E-state index is 13.2. The Morgan fingerprint density at radius 3 is 2.36 bits per heavy atom. The van der Waals surface area contributed by atoms with Gasteiger partial charge in [0.05, 0.1) is 6.42 Å². The van der Waals surface area contributed by atoms with E-state index in [9.17, 15) is 23.1 Å². The zero-order valence-electron chi connectivity index (χ0n) is 11.4. The van der Waals surface area contributed by atoms with E-state index in [1.807, 2.05) is 0 Å². The highest BCUT2D eigenvalue weighted by molar-refractivity contribution is 7.10. The first-order valence-electron chi connectivity index (χ1n) is 6.42. The molecule has 116 valence electrons. The Bertz CT molecular complexity index is 648. The fourth-order valence-corrected chi connectivity index (χ4v) is 2.57. The van der Waals surface area contributed by atoms with Crippen LogP contribution in [0, 0.1) is 0 Å². The maximum absolute atomic E-state index is 13.2. The van der Waals surface area contributed by atoms with E-state index < -0.39 is 24.0 Å². The van der Waals surface area contributed by atoms with E-state index in [4.69, 9.17) is 0 Å². The van der Waals surface area contributed by atoms with Gasteiger partial charge in [-0.05, 0) is 29.2 Å². The molecule has 1 aromatic heterocycles. The van der Waals surface area contributed by atoms with Crippen LogP contribution >= 0.6 is 11.3 Å². The van der Waals surface area contributed by atoms with Crippen molar-refractivity contribution in [3.8, 4) is 0 Å². The van der Waals surface area contributed by atoms with Gasteiger partial charge in [0.25, 0.3) is 0 Å². The number of hydrogen-bond acceptors (Lipinski definition) is 3. The van der Waals surface area contributed by atoms with Crippen LogP contribution in [0.4, 0.5) is 13.2 Å². The summed E-state index contributed by atoms with van der Waals surface area (Å²) in [4.78, 5) is 12.6. The molecule has 0 saturated heterocycles. The van der Waals surface area contributed by atoms with Gasteiger partial charge in [0.15, 0.2) is 11.4 Å². The second kappa shape index (κ2) is 6.46. The summed E-state index contributed by atoms with van der Waals surface area (Å²) in [6.45, 7) is 0. The highest BCUT2D eigenvalue weighted by Crippen LogP contribution is 2.41. The predicted octanol–water partition coefficient (Wildman–Crippen LogP) is 4.17. The zero-order valence-corrected chi connectivity index (χ0v) is 12.2. The van der Waals surface area contributed by atoms with Crippen molar-refractivity contribution in [2.75, 3.05) is 0 Å². The van der Waals surface area contributed by atoms with Gasteiger partial charge in [-0.25, -0.2) is 0 Å². The summed E-state index contributed by atoms with van der Waals surface area (Å²) in [6, 6.07) is 10.1. The minimum absolute atomic E-state index is 0.347. The average Bonchev–Trinajstić information content (AvgIpc) is 2.98. The van der Waals surface area contributed by atoms with Crippen LogP contribution in [0.25, 0.3) is 6.08 Å². The van der Waals surface area contributed by atoms with Gasteiger partial charge >= 0.3 is 6.18 Å². The van der Waals surface area contributed by atoms with Crippen LogP contribution < -0.4 is 0 Å². The molecule has 6 heteroatoms. The third-order valence-corrected chi connectivity index (χ3v) is 3.96. The van der Waals surface area contributed by atoms with Crippen molar-refractivity contribution in [3.05, 3.63) is 64.4 Å². The van der Waals surface area contributed by atoms with E-state index >= 15 is 0 Å². The van der Waals surface area contributed by atoms with Gasteiger partial charge in [-0.3, -0.25) is 4.79 Å². The molecule has 0 aliphatic carbocycles. The molecule has 0 spiro atoms. The number of alkyl halides is 3.